The van der Waals surface area contributed by atoms with Crippen molar-refractivity contribution in [1.29, 1.82) is 0 Å². The van der Waals surface area contributed by atoms with E-state index in [1.54, 1.807) is 0 Å². The predicted molar refractivity (Wildman–Crippen MR) is 68.0 cm³/mol. The van der Waals surface area contributed by atoms with Crippen LogP contribution in [0.5, 0.6) is 0 Å². The molecule has 3 heteroatoms. The Morgan fingerprint density at radius 1 is 1.33 bits per heavy atom. The van der Waals surface area contributed by atoms with E-state index in [4.69, 9.17) is 4.74 Å². The molecule has 90 valence electrons. The van der Waals surface area contributed by atoms with Gasteiger partial charge in [-0.1, -0.05) is 20.3 Å². The summed E-state index contributed by atoms with van der Waals surface area (Å²) < 4.78 is 5.39. The van der Waals surface area contributed by atoms with Gasteiger partial charge >= 0.3 is 5.97 Å². The van der Waals surface area contributed by atoms with Crippen molar-refractivity contribution in [2.45, 2.75) is 65.1 Å². The molecule has 0 saturated heterocycles. The van der Waals surface area contributed by atoms with E-state index in [0.29, 0.717) is 0 Å². The Bertz CT molecular complexity index is 185. The van der Waals surface area contributed by atoms with E-state index >= 15 is 0 Å². The molecule has 0 radical (unpaired) electrons. The average molecular weight is 232 g/mol. The number of esters is 1. The van der Waals surface area contributed by atoms with E-state index in [2.05, 4.69) is 13.8 Å². The Kier molecular flexibility index (Phi) is 7.17. The Hall–Kier alpha value is -0.100. The zero-order valence-electron chi connectivity index (χ0n) is 10.7. The minimum absolute atomic E-state index is 0.0144. The number of carbonyl (C=O) groups excluding carboxylic acids is 1. The molecule has 0 N–H and O–H groups in total. The minimum Gasteiger partial charge on any atom is -0.459 e. The number of hydrogen-bond donors (Lipinski definition) is 0. The second-order valence-corrected chi connectivity index (χ2v) is 6.41. The molecule has 2 atom stereocenters. The molecule has 0 aliphatic heterocycles. The zero-order valence-corrected chi connectivity index (χ0v) is 11.7. The summed E-state index contributed by atoms with van der Waals surface area (Å²) in [5.74, 6) is -0.0144. The lowest BCUT2D eigenvalue weighted by molar-refractivity contribution is -0.154. The molecule has 0 bridgehead atoms. The number of rotatable bonds is 6. The van der Waals surface area contributed by atoms with Crippen molar-refractivity contribution in [3.05, 3.63) is 0 Å². The molecule has 2 nitrogen and oxygen atoms in total. The van der Waals surface area contributed by atoms with Crippen LogP contribution in [-0.4, -0.2) is 23.4 Å². The van der Waals surface area contributed by atoms with E-state index in [1.165, 1.54) is 12.8 Å². The van der Waals surface area contributed by atoms with Crippen LogP contribution in [0.4, 0.5) is 0 Å². The van der Waals surface area contributed by atoms with Crippen LogP contribution in [-0.2, 0) is 9.53 Å². The maximum atomic E-state index is 11.8. The van der Waals surface area contributed by atoms with Gasteiger partial charge in [0.25, 0.3) is 0 Å². The molecular weight excluding hydrogens is 207 g/mol. The topological polar surface area (TPSA) is 26.3 Å². The van der Waals surface area contributed by atoms with Gasteiger partial charge in [-0.25, -0.2) is 0 Å². The summed E-state index contributed by atoms with van der Waals surface area (Å²) in [7, 11) is 0.722. The Morgan fingerprint density at radius 2 is 1.93 bits per heavy atom. The van der Waals surface area contributed by atoms with E-state index in [9.17, 15) is 4.79 Å². The van der Waals surface area contributed by atoms with E-state index in [1.807, 2.05) is 20.8 Å². The van der Waals surface area contributed by atoms with Crippen LogP contribution in [0.25, 0.3) is 0 Å². The summed E-state index contributed by atoms with van der Waals surface area (Å²) in [5, 5.41) is 0. The van der Waals surface area contributed by atoms with Gasteiger partial charge < -0.3 is 4.74 Å². The maximum Gasteiger partial charge on any atom is 0.313 e. The minimum atomic E-state index is -0.347. The Labute approximate surface area is 95.9 Å². The molecule has 15 heavy (non-hydrogen) atoms. The fourth-order valence-corrected chi connectivity index (χ4v) is 2.64. The molecular formula is C12H25O2P. The molecule has 0 heterocycles. The molecule has 0 rings (SSSR count). The van der Waals surface area contributed by atoms with Crippen LogP contribution in [0.3, 0.4) is 0 Å². The largest absolute Gasteiger partial charge is 0.459 e. The van der Waals surface area contributed by atoms with Gasteiger partial charge in [0.15, 0.2) is 0 Å². The number of carbonyl (C=O) groups is 1. The molecule has 2 unspecified atom stereocenters. The van der Waals surface area contributed by atoms with Crippen LogP contribution in [0.15, 0.2) is 0 Å². The highest BCUT2D eigenvalue weighted by atomic mass is 31.1. The van der Waals surface area contributed by atoms with Gasteiger partial charge in [-0.2, -0.15) is 0 Å². The molecule has 0 aromatic heterocycles. The van der Waals surface area contributed by atoms with Crippen molar-refractivity contribution < 1.29 is 9.53 Å². The van der Waals surface area contributed by atoms with Gasteiger partial charge in [-0.3, -0.25) is 4.79 Å². The van der Waals surface area contributed by atoms with E-state index in [-0.39, 0.29) is 17.2 Å². The van der Waals surface area contributed by atoms with Crippen LogP contribution >= 0.6 is 8.58 Å². The lowest BCUT2D eigenvalue weighted by Gasteiger charge is -2.23. The van der Waals surface area contributed by atoms with Crippen molar-refractivity contribution in [1.82, 2.24) is 0 Å². The van der Waals surface area contributed by atoms with Gasteiger partial charge in [0.2, 0.25) is 0 Å². The third-order valence-corrected chi connectivity index (χ3v) is 3.80. The van der Waals surface area contributed by atoms with Crippen LogP contribution in [0, 0.1) is 0 Å². The summed E-state index contributed by atoms with van der Waals surface area (Å²) >= 11 is 0. The Balaban J connectivity index is 3.99. The third-order valence-electron chi connectivity index (χ3n) is 2.02. The van der Waals surface area contributed by atoms with Gasteiger partial charge in [0, 0.05) is 0 Å². The molecule has 0 aliphatic carbocycles. The Morgan fingerprint density at radius 3 is 2.33 bits per heavy atom. The van der Waals surface area contributed by atoms with Gasteiger partial charge in [0.1, 0.15) is 5.60 Å². The second kappa shape index (κ2) is 7.22. The number of ether oxygens (including phenoxy) is 1. The van der Waals surface area contributed by atoms with Crippen molar-refractivity contribution >= 4 is 14.6 Å². The molecule has 0 amide bonds. The van der Waals surface area contributed by atoms with Crippen molar-refractivity contribution in [3.8, 4) is 0 Å². The lowest BCUT2D eigenvalue weighted by Crippen LogP contribution is -2.29. The first-order valence-electron chi connectivity index (χ1n) is 5.87. The smallest absolute Gasteiger partial charge is 0.313 e. The molecule has 0 aliphatic rings. The number of unbranched alkanes of at least 4 members (excludes halogenated alkanes) is 1. The van der Waals surface area contributed by atoms with Crippen molar-refractivity contribution in [2.24, 2.45) is 0 Å². The monoisotopic (exact) mass is 232 g/mol. The summed E-state index contributed by atoms with van der Waals surface area (Å²) in [6.45, 7) is 10.0. The van der Waals surface area contributed by atoms with Crippen LogP contribution < -0.4 is 0 Å². The first kappa shape index (κ1) is 14.9. The van der Waals surface area contributed by atoms with Crippen molar-refractivity contribution in [2.75, 3.05) is 6.16 Å². The summed E-state index contributed by atoms with van der Waals surface area (Å²) in [5.41, 5.74) is -0.226. The normalized spacial score (nSPS) is 14.5. The quantitative estimate of drug-likeness (QED) is 0.397. The lowest BCUT2D eigenvalue weighted by atomic mass is 10.2. The number of hydrogen-bond acceptors (Lipinski definition) is 2. The van der Waals surface area contributed by atoms with Gasteiger partial charge in [-0.05, 0) is 39.8 Å². The third kappa shape index (κ3) is 7.79. The fraction of sp³-hybridized carbons (Fsp3) is 0.917. The maximum absolute atomic E-state index is 11.8. The first-order valence-corrected chi connectivity index (χ1v) is 7.15. The van der Waals surface area contributed by atoms with Crippen LogP contribution in [0.1, 0.15) is 53.9 Å². The summed E-state index contributed by atoms with van der Waals surface area (Å²) in [6, 6.07) is 0. The first-order chi connectivity index (χ1) is 6.90. The molecule has 0 aromatic carbocycles. The van der Waals surface area contributed by atoms with Crippen molar-refractivity contribution in [3.63, 3.8) is 0 Å². The van der Waals surface area contributed by atoms with Gasteiger partial charge in [0.05, 0.1) is 5.66 Å². The summed E-state index contributed by atoms with van der Waals surface area (Å²) in [6.07, 6.45) is 4.49. The second-order valence-electron chi connectivity index (χ2n) is 4.80. The van der Waals surface area contributed by atoms with Crippen LogP contribution in [0.2, 0.25) is 0 Å². The fourth-order valence-electron chi connectivity index (χ4n) is 1.22. The van der Waals surface area contributed by atoms with E-state index in [0.717, 1.165) is 21.2 Å². The molecule has 0 spiro atoms. The molecule has 0 aromatic rings. The highest BCUT2D eigenvalue weighted by molar-refractivity contribution is 7.40. The average Bonchev–Trinajstić information content (AvgIpc) is 2.09. The summed E-state index contributed by atoms with van der Waals surface area (Å²) in [4.78, 5) is 11.8. The molecule has 0 saturated carbocycles. The van der Waals surface area contributed by atoms with Gasteiger partial charge in [-0.15, -0.1) is 8.58 Å². The highest BCUT2D eigenvalue weighted by Gasteiger charge is 2.23. The highest BCUT2D eigenvalue weighted by Crippen LogP contribution is 2.26. The standard InChI is InChI=1S/C12H25O2P/c1-6-8-9-15-10(7-2)11(13)14-12(3,4)5/h10,15H,6-9H2,1-5H3. The predicted octanol–water partition coefficient (Wildman–Crippen LogP) is 3.59. The molecule has 0 fully saturated rings. The SMILES string of the molecule is CCCCPC(CC)C(=O)OC(C)(C)C. The van der Waals surface area contributed by atoms with E-state index < -0.39 is 0 Å². The zero-order chi connectivity index (χ0) is 11.9.